The van der Waals surface area contributed by atoms with Crippen LogP contribution in [0.2, 0.25) is 0 Å². The van der Waals surface area contributed by atoms with E-state index in [1.54, 1.807) is 7.11 Å². The zero-order chi connectivity index (χ0) is 9.97. The maximum atomic E-state index is 5.76. The second-order valence-corrected chi connectivity index (χ2v) is 3.48. The molecule has 0 aliphatic rings. The Balaban J connectivity index is 2.39. The van der Waals surface area contributed by atoms with Crippen LogP contribution >= 0.6 is 11.5 Å². The molecule has 1 aromatic carbocycles. The SMILES string of the molecule is COc1ccc(-c2nscc2N)cc1. The summed E-state index contributed by atoms with van der Waals surface area (Å²) in [6.45, 7) is 0. The summed E-state index contributed by atoms with van der Waals surface area (Å²) in [6, 6.07) is 7.69. The van der Waals surface area contributed by atoms with Crippen LogP contribution in [0.3, 0.4) is 0 Å². The molecule has 72 valence electrons. The second kappa shape index (κ2) is 3.67. The number of nitrogens with zero attached hydrogens (tertiary/aromatic N) is 1. The van der Waals surface area contributed by atoms with E-state index < -0.39 is 0 Å². The van der Waals surface area contributed by atoms with Gasteiger partial charge in [-0.1, -0.05) is 0 Å². The minimum Gasteiger partial charge on any atom is -0.497 e. The summed E-state index contributed by atoms with van der Waals surface area (Å²) in [5.74, 6) is 0.836. The van der Waals surface area contributed by atoms with Crippen molar-refractivity contribution < 1.29 is 4.74 Å². The maximum absolute atomic E-state index is 5.76. The first-order valence-corrected chi connectivity index (χ1v) is 4.99. The topological polar surface area (TPSA) is 48.1 Å². The molecule has 0 fully saturated rings. The van der Waals surface area contributed by atoms with Crippen molar-refractivity contribution in [2.45, 2.75) is 0 Å². The molecule has 2 N–H and O–H groups in total. The van der Waals surface area contributed by atoms with Gasteiger partial charge in [0, 0.05) is 10.9 Å². The van der Waals surface area contributed by atoms with Gasteiger partial charge in [0.25, 0.3) is 0 Å². The van der Waals surface area contributed by atoms with Gasteiger partial charge in [0.1, 0.15) is 11.4 Å². The van der Waals surface area contributed by atoms with E-state index in [4.69, 9.17) is 10.5 Å². The van der Waals surface area contributed by atoms with Crippen LogP contribution < -0.4 is 10.5 Å². The van der Waals surface area contributed by atoms with E-state index >= 15 is 0 Å². The summed E-state index contributed by atoms with van der Waals surface area (Å²) in [5, 5.41) is 1.83. The Morgan fingerprint density at radius 3 is 2.50 bits per heavy atom. The molecule has 0 amide bonds. The summed E-state index contributed by atoms with van der Waals surface area (Å²) in [7, 11) is 1.65. The normalized spacial score (nSPS) is 10.1. The lowest BCUT2D eigenvalue weighted by Crippen LogP contribution is -1.87. The molecular weight excluding hydrogens is 196 g/mol. The number of aromatic nitrogens is 1. The molecule has 0 saturated heterocycles. The molecule has 0 bridgehead atoms. The third-order valence-corrected chi connectivity index (χ3v) is 2.61. The van der Waals surface area contributed by atoms with Gasteiger partial charge in [-0.25, -0.2) is 0 Å². The van der Waals surface area contributed by atoms with E-state index in [1.165, 1.54) is 11.5 Å². The largest absolute Gasteiger partial charge is 0.497 e. The quantitative estimate of drug-likeness (QED) is 0.820. The van der Waals surface area contributed by atoms with E-state index in [9.17, 15) is 0 Å². The van der Waals surface area contributed by atoms with E-state index in [-0.39, 0.29) is 0 Å². The molecule has 0 atom stereocenters. The fraction of sp³-hybridized carbons (Fsp3) is 0.100. The first-order valence-electron chi connectivity index (χ1n) is 4.15. The van der Waals surface area contributed by atoms with E-state index in [0.717, 1.165) is 22.7 Å². The number of nitrogen functional groups attached to an aromatic ring is 1. The van der Waals surface area contributed by atoms with Crippen LogP contribution in [-0.4, -0.2) is 11.5 Å². The molecule has 0 aliphatic heterocycles. The molecule has 3 nitrogen and oxygen atoms in total. The first kappa shape index (κ1) is 9.02. The van der Waals surface area contributed by atoms with Crippen molar-refractivity contribution in [2.75, 3.05) is 12.8 Å². The molecular formula is C10H10N2OS. The van der Waals surface area contributed by atoms with Crippen molar-refractivity contribution >= 4 is 17.2 Å². The lowest BCUT2D eigenvalue weighted by Gasteiger charge is -2.01. The molecule has 1 heterocycles. The molecule has 0 unspecified atom stereocenters. The van der Waals surface area contributed by atoms with Gasteiger partial charge in [-0.05, 0) is 35.8 Å². The number of methoxy groups -OCH3 is 1. The number of hydrogen-bond acceptors (Lipinski definition) is 4. The monoisotopic (exact) mass is 206 g/mol. The van der Waals surface area contributed by atoms with Crippen LogP contribution in [0.5, 0.6) is 5.75 Å². The zero-order valence-corrected chi connectivity index (χ0v) is 8.54. The number of benzene rings is 1. The van der Waals surface area contributed by atoms with E-state index in [1.807, 2.05) is 29.6 Å². The fourth-order valence-corrected chi connectivity index (χ4v) is 1.81. The molecule has 1 aromatic heterocycles. The summed E-state index contributed by atoms with van der Waals surface area (Å²) in [4.78, 5) is 0. The van der Waals surface area contributed by atoms with Crippen molar-refractivity contribution in [2.24, 2.45) is 0 Å². The third kappa shape index (κ3) is 1.56. The highest BCUT2D eigenvalue weighted by Gasteiger charge is 2.04. The average molecular weight is 206 g/mol. The third-order valence-electron chi connectivity index (χ3n) is 1.96. The highest BCUT2D eigenvalue weighted by atomic mass is 32.1. The lowest BCUT2D eigenvalue weighted by molar-refractivity contribution is 0.415. The van der Waals surface area contributed by atoms with Gasteiger partial charge in [0.2, 0.25) is 0 Å². The molecule has 2 aromatic rings. The van der Waals surface area contributed by atoms with Crippen molar-refractivity contribution in [3.63, 3.8) is 0 Å². The van der Waals surface area contributed by atoms with Crippen molar-refractivity contribution in [1.29, 1.82) is 0 Å². The lowest BCUT2D eigenvalue weighted by atomic mass is 10.1. The van der Waals surface area contributed by atoms with Crippen molar-refractivity contribution in [3.8, 4) is 17.0 Å². The highest BCUT2D eigenvalue weighted by Crippen LogP contribution is 2.27. The summed E-state index contributed by atoms with van der Waals surface area (Å²) >= 11 is 1.36. The molecule has 2 rings (SSSR count). The Kier molecular flexibility index (Phi) is 2.37. The summed E-state index contributed by atoms with van der Waals surface area (Å²) in [5.41, 5.74) is 8.35. The number of ether oxygens (including phenoxy) is 1. The Morgan fingerprint density at radius 1 is 1.29 bits per heavy atom. The summed E-state index contributed by atoms with van der Waals surface area (Å²) in [6.07, 6.45) is 0. The van der Waals surface area contributed by atoms with Crippen LogP contribution in [0.15, 0.2) is 29.6 Å². The van der Waals surface area contributed by atoms with Crippen LogP contribution in [0.4, 0.5) is 5.69 Å². The minimum absolute atomic E-state index is 0.722. The van der Waals surface area contributed by atoms with Crippen molar-refractivity contribution in [1.82, 2.24) is 4.37 Å². The number of anilines is 1. The predicted molar refractivity (Wildman–Crippen MR) is 58.5 cm³/mol. The van der Waals surface area contributed by atoms with Crippen molar-refractivity contribution in [3.05, 3.63) is 29.6 Å². The van der Waals surface area contributed by atoms with Gasteiger partial charge in [-0.2, -0.15) is 4.37 Å². The standard InChI is InChI=1S/C10H10N2OS/c1-13-8-4-2-7(3-5-8)10-9(11)6-14-12-10/h2-6H,11H2,1H3. The predicted octanol–water partition coefficient (Wildman–Crippen LogP) is 2.40. The van der Waals surface area contributed by atoms with Gasteiger partial charge in [-0.15, -0.1) is 0 Å². The van der Waals surface area contributed by atoms with Gasteiger partial charge in [0.15, 0.2) is 0 Å². The molecule has 0 spiro atoms. The molecule has 0 radical (unpaired) electrons. The number of hydrogen-bond donors (Lipinski definition) is 1. The average Bonchev–Trinajstić information content (AvgIpc) is 2.65. The van der Waals surface area contributed by atoms with E-state index in [0.29, 0.717) is 0 Å². The van der Waals surface area contributed by atoms with Gasteiger partial charge in [0.05, 0.1) is 12.8 Å². The highest BCUT2D eigenvalue weighted by molar-refractivity contribution is 7.04. The second-order valence-electron chi connectivity index (χ2n) is 2.85. The van der Waals surface area contributed by atoms with Gasteiger partial charge >= 0.3 is 0 Å². The van der Waals surface area contributed by atoms with Gasteiger partial charge < -0.3 is 10.5 Å². The molecule has 14 heavy (non-hydrogen) atoms. The minimum atomic E-state index is 0.722. The molecule has 0 saturated carbocycles. The smallest absolute Gasteiger partial charge is 0.118 e. The van der Waals surface area contributed by atoms with Crippen LogP contribution in [0.25, 0.3) is 11.3 Å². The Labute approximate surface area is 86.3 Å². The van der Waals surface area contributed by atoms with Crippen LogP contribution in [0.1, 0.15) is 0 Å². The summed E-state index contributed by atoms with van der Waals surface area (Å²) < 4.78 is 9.29. The number of nitrogens with two attached hydrogens (primary N) is 1. The zero-order valence-electron chi connectivity index (χ0n) is 7.73. The van der Waals surface area contributed by atoms with Crippen LogP contribution in [0, 0.1) is 0 Å². The molecule has 4 heteroatoms. The Morgan fingerprint density at radius 2 is 2.00 bits per heavy atom. The van der Waals surface area contributed by atoms with E-state index in [2.05, 4.69) is 4.37 Å². The van der Waals surface area contributed by atoms with Gasteiger partial charge in [-0.3, -0.25) is 0 Å². The number of rotatable bonds is 2. The Hall–Kier alpha value is -1.55. The first-order chi connectivity index (χ1) is 6.81. The Bertz CT molecular complexity index is 422. The maximum Gasteiger partial charge on any atom is 0.118 e. The fourth-order valence-electron chi connectivity index (χ4n) is 1.21. The van der Waals surface area contributed by atoms with Crippen LogP contribution in [-0.2, 0) is 0 Å². The molecule has 0 aliphatic carbocycles.